The second-order valence-electron chi connectivity index (χ2n) is 5.94. The van der Waals surface area contributed by atoms with E-state index < -0.39 is 17.6 Å². The van der Waals surface area contributed by atoms with Gasteiger partial charge in [-0.1, -0.05) is 0 Å². The molecule has 0 aliphatic rings. The van der Waals surface area contributed by atoms with Gasteiger partial charge in [-0.3, -0.25) is 4.79 Å². The van der Waals surface area contributed by atoms with Crippen molar-refractivity contribution in [2.75, 3.05) is 17.2 Å². The Morgan fingerprint density at radius 2 is 1.62 bits per heavy atom. The summed E-state index contributed by atoms with van der Waals surface area (Å²) in [7, 11) is 0. The molecule has 0 unspecified atom stereocenters. The van der Waals surface area contributed by atoms with Crippen LogP contribution in [0.15, 0.2) is 60.8 Å². The molecule has 148 valence electrons. The summed E-state index contributed by atoms with van der Waals surface area (Å²) in [5.74, 6) is -2.36. The minimum Gasteiger partial charge on any atom is -0.462 e. The molecule has 2 aromatic carbocycles. The highest BCUT2D eigenvalue weighted by molar-refractivity contribution is 6.04. The number of anilines is 3. The molecule has 0 fully saturated rings. The summed E-state index contributed by atoms with van der Waals surface area (Å²) < 4.78 is 31.1. The lowest BCUT2D eigenvalue weighted by Gasteiger charge is -2.08. The number of benzene rings is 2. The summed E-state index contributed by atoms with van der Waals surface area (Å²) in [5.41, 5.74) is 1.52. The van der Waals surface area contributed by atoms with Gasteiger partial charge in [0.2, 0.25) is 0 Å². The molecular weight excluding hydrogens is 380 g/mol. The lowest BCUT2D eigenvalue weighted by molar-refractivity contribution is 0.0526. The van der Waals surface area contributed by atoms with E-state index in [4.69, 9.17) is 4.74 Å². The third-order valence-electron chi connectivity index (χ3n) is 3.87. The SMILES string of the molecule is CCOC(=O)c1ccc(NC(=O)c2ccc(Nc3ccc(F)c(F)c3)nc2)cc1. The van der Waals surface area contributed by atoms with E-state index in [1.54, 1.807) is 37.3 Å². The maximum atomic E-state index is 13.3. The number of esters is 1. The zero-order valence-electron chi connectivity index (χ0n) is 15.4. The highest BCUT2D eigenvalue weighted by Gasteiger charge is 2.10. The van der Waals surface area contributed by atoms with E-state index in [9.17, 15) is 18.4 Å². The number of pyridine rings is 1. The van der Waals surface area contributed by atoms with Crippen LogP contribution < -0.4 is 10.6 Å². The maximum absolute atomic E-state index is 13.3. The van der Waals surface area contributed by atoms with E-state index in [1.807, 2.05) is 0 Å². The fourth-order valence-corrected chi connectivity index (χ4v) is 2.43. The Balaban J connectivity index is 1.62. The molecule has 2 N–H and O–H groups in total. The summed E-state index contributed by atoms with van der Waals surface area (Å²) in [5, 5.41) is 5.52. The van der Waals surface area contributed by atoms with E-state index in [2.05, 4.69) is 15.6 Å². The van der Waals surface area contributed by atoms with Crippen LogP contribution >= 0.6 is 0 Å². The van der Waals surface area contributed by atoms with E-state index in [0.717, 1.165) is 12.1 Å². The summed E-state index contributed by atoms with van der Waals surface area (Å²) in [6.45, 7) is 2.00. The third kappa shape index (κ3) is 5.13. The predicted molar refractivity (Wildman–Crippen MR) is 104 cm³/mol. The molecule has 1 amide bonds. The largest absolute Gasteiger partial charge is 0.462 e. The van der Waals surface area contributed by atoms with Gasteiger partial charge in [0.15, 0.2) is 11.6 Å². The van der Waals surface area contributed by atoms with Crippen LogP contribution in [0.25, 0.3) is 0 Å². The summed E-state index contributed by atoms with van der Waals surface area (Å²) in [6, 6.07) is 12.8. The molecular formula is C21H17F2N3O3. The summed E-state index contributed by atoms with van der Waals surface area (Å²) >= 11 is 0. The van der Waals surface area contributed by atoms with Crippen LogP contribution in [0.2, 0.25) is 0 Å². The lowest BCUT2D eigenvalue weighted by atomic mass is 10.2. The number of nitrogens with zero attached hydrogens (tertiary/aromatic N) is 1. The first kappa shape index (κ1) is 19.9. The average molecular weight is 397 g/mol. The van der Waals surface area contributed by atoms with E-state index >= 15 is 0 Å². The minimum atomic E-state index is -0.972. The van der Waals surface area contributed by atoms with E-state index in [-0.39, 0.29) is 12.5 Å². The standard InChI is InChI=1S/C21H17F2N3O3/c1-2-29-21(28)13-3-6-15(7-4-13)26-20(27)14-5-10-19(24-12-14)25-16-8-9-17(22)18(23)11-16/h3-12H,2H2,1H3,(H,24,25)(H,26,27). The number of carbonyl (C=O) groups excluding carboxylic acids is 2. The number of carbonyl (C=O) groups is 2. The van der Waals surface area contributed by atoms with Gasteiger partial charge in [-0.05, 0) is 55.5 Å². The Labute approximate surface area is 165 Å². The van der Waals surface area contributed by atoms with Crippen molar-refractivity contribution in [3.05, 3.63) is 83.6 Å². The molecule has 0 atom stereocenters. The number of hydrogen-bond donors (Lipinski definition) is 2. The van der Waals surface area contributed by atoms with Crippen LogP contribution in [0, 0.1) is 11.6 Å². The predicted octanol–water partition coefficient (Wildman–Crippen LogP) is 4.53. The van der Waals surface area contributed by atoms with Crippen molar-refractivity contribution in [1.82, 2.24) is 4.98 Å². The quantitative estimate of drug-likeness (QED) is 0.598. The Bertz CT molecular complexity index is 1020. The Hall–Kier alpha value is -3.81. The summed E-state index contributed by atoms with van der Waals surface area (Å²) in [4.78, 5) is 28.1. The third-order valence-corrected chi connectivity index (χ3v) is 3.87. The number of nitrogens with one attached hydrogen (secondary N) is 2. The average Bonchev–Trinajstić information content (AvgIpc) is 2.72. The van der Waals surface area contributed by atoms with Crippen molar-refractivity contribution in [3.63, 3.8) is 0 Å². The zero-order chi connectivity index (χ0) is 20.8. The summed E-state index contributed by atoms with van der Waals surface area (Å²) in [6.07, 6.45) is 1.35. The van der Waals surface area contributed by atoms with Gasteiger partial charge in [0.25, 0.3) is 5.91 Å². The van der Waals surface area contributed by atoms with Crippen LogP contribution in [0.3, 0.4) is 0 Å². The number of rotatable bonds is 6. The Morgan fingerprint density at radius 3 is 2.24 bits per heavy atom. The number of amides is 1. The number of hydrogen-bond acceptors (Lipinski definition) is 5. The molecule has 8 heteroatoms. The maximum Gasteiger partial charge on any atom is 0.338 e. The van der Waals surface area contributed by atoms with Crippen LogP contribution in [-0.2, 0) is 4.74 Å². The fraction of sp³-hybridized carbons (Fsp3) is 0.0952. The van der Waals surface area contributed by atoms with Crippen LogP contribution in [-0.4, -0.2) is 23.5 Å². The molecule has 1 heterocycles. The highest BCUT2D eigenvalue weighted by Crippen LogP contribution is 2.18. The first-order chi connectivity index (χ1) is 14.0. The van der Waals surface area contributed by atoms with Crippen LogP contribution in [0.4, 0.5) is 26.0 Å². The molecule has 6 nitrogen and oxygen atoms in total. The Kier molecular flexibility index (Phi) is 6.13. The van der Waals surface area contributed by atoms with Gasteiger partial charge < -0.3 is 15.4 Å². The van der Waals surface area contributed by atoms with Crippen molar-refractivity contribution in [2.24, 2.45) is 0 Å². The highest BCUT2D eigenvalue weighted by atomic mass is 19.2. The molecule has 0 spiro atoms. The molecule has 0 saturated carbocycles. The van der Waals surface area contributed by atoms with Gasteiger partial charge >= 0.3 is 5.97 Å². The zero-order valence-corrected chi connectivity index (χ0v) is 15.4. The monoisotopic (exact) mass is 397 g/mol. The van der Waals surface area contributed by atoms with Crippen LogP contribution in [0.5, 0.6) is 0 Å². The molecule has 3 aromatic rings. The smallest absolute Gasteiger partial charge is 0.338 e. The van der Waals surface area contributed by atoms with Gasteiger partial charge in [-0.25, -0.2) is 18.6 Å². The molecule has 3 rings (SSSR count). The normalized spacial score (nSPS) is 10.3. The molecule has 0 aliphatic heterocycles. The first-order valence-electron chi connectivity index (χ1n) is 8.73. The fourth-order valence-electron chi connectivity index (χ4n) is 2.43. The number of aromatic nitrogens is 1. The van der Waals surface area contributed by atoms with Crippen molar-refractivity contribution < 1.29 is 23.1 Å². The molecule has 29 heavy (non-hydrogen) atoms. The second kappa shape index (κ2) is 8.92. The minimum absolute atomic E-state index is 0.283. The van der Waals surface area contributed by atoms with Crippen molar-refractivity contribution >= 4 is 29.1 Å². The van der Waals surface area contributed by atoms with Gasteiger partial charge in [0.05, 0.1) is 17.7 Å². The van der Waals surface area contributed by atoms with Gasteiger partial charge in [0.1, 0.15) is 5.82 Å². The number of ether oxygens (including phenoxy) is 1. The molecule has 0 radical (unpaired) electrons. The molecule has 1 aromatic heterocycles. The van der Waals surface area contributed by atoms with Crippen molar-refractivity contribution in [2.45, 2.75) is 6.92 Å². The van der Waals surface area contributed by atoms with Gasteiger partial charge in [-0.2, -0.15) is 0 Å². The topological polar surface area (TPSA) is 80.3 Å². The van der Waals surface area contributed by atoms with Crippen molar-refractivity contribution in [3.8, 4) is 0 Å². The second-order valence-corrected chi connectivity index (χ2v) is 5.94. The molecule has 0 aliphatic carbocycles. The Morgan fingerprint density at radius 1 is 0.931 bits per heavy atom. The lowest BCUT2D eigenvalue weighted by Crippen LogP contribution is -2.12. The number of halogens is 2. The van der Waals surface area contributed by atoms with Gasteiger partial charge in [-0.15, -0.1) is 0 Å². The van der Waals surface area contributed by atoms with E-state index in [1.165, 1.54) is 18.3 Å². The van der Waals surface area contributed by atoms with E-state index in [0.29, 0.717) is 28.3 Å². The first-order valence-corrected chi connectivity index (χ1v) is 8.73. The molecule has 0 saturated heterocycles. The van der Waals surface area contributed by atoms with Crippen LogP contribution in [0.1, 0.15) is 27.6 Å². The molecule has 0 bridgehead atoms. The van der Waals surface area contributed by atoms with Gasteiger partial charge in [0, 0.05) is 23.6 Å². The van der Waals surface area contributed by atoms with Crippen molar-refractivity contribution in [1.29, 1.82) is 0 Å².